The average molecular weight is 635 g/mol. The minimum absolute atomic E-state index is 0.0177. The van der Waals surface area contributed by atoms with Crippen molar-refractivity contribution in [3.8, 4) is 5.75 Å². The number of nitrogens with one attached hydrogen (secondary N) is 2. The van der Waals surface area contributed by atoms with Gasteiger partial charge in [-0.25, -0.2) is 26.4 Å². The third-order valence-electron chi connectivity index (χ3n) is 7.61. The van der Waals surface area contributed by atoms with Gasteiger partial charge in [0.05, 0.1) is 33.6 Å². The molecule has 1 aromatic heterocycles. The standard InChI is InChI=1S/C28H34N4O9S2/c1-29-42(35,36)24-6-2-5-23(15-24)39-18-22(33)19-40-27(34)31-21-16-28(41-17-21)9-12-32(13-10-28)43(37,38)25-7-8-26-20(14-25)4-3-11-30-26/h2-8,11,14-15,21-22,29,33H,9-10,12-13,16-19H2,1H3,(H,31,34)/t21-,22?/m1/s1. The average Bonchev–Trinajstić information content (AvgIpc) is 3.40. The van der Waals surface area contributed by atoms with Gasteiger partial charge in [-0.3, -0.25) is 4.98 Å². The van der Waals surface area contributed by atoms with E-state index in [1.54, 1.807) is 36.5 Å². The summed E-state index contributed by atoms with van der Waals surface area (Å²) in [4.78, 5) is 16.8. The van der Waals surface area contributed by atoms with Gasteiger partial charge in [0, 0.05) is 30.7 Å². The number of amides is 1. The Balaban J connectivity index is 1.06. The quantitative estimate of drug-likeness (QED) is 0.297. The first-order chi connectivity index (χ1) is 20.5. The lowest BCUT2D eigenvalue weighted by molar-refractivity contribution is -0.0312. The highest BCUT2D eigenvalue weighted by Gasteiger charge is 2.45. The first-order valence-corrected chi connectivity index (χ1v) is 16.7. The molecule has 2 atom stereocenters. The molecule has 1 unspecified atom stereocenters. The molecule has 2 aliphatic heterocycles. The van der Waals surface area contributed by atoms with Crippen molar-refractivity contribution in [2.24, 2.45) is 0 Å². The highest BCUT2D eigenvalue weighted by molar-refractivity contribution is 7.89. The minimum atomic E-state index is -3.68. The fourth-order valence-electron chi connectivity index (χ4n) is 5.25. The monoisotopic (exact) mass is 634 g/mol. The molecule has 2 saturated heterocycles. The second-order valence-corrected chi connectivity index (χ2v) is 14.4. The van der Waals surface area contributed by atoms with Crippen molar-refractivity contribution < 1.29 is 40.9 Å². The number of aliphatic hydroxyl groups excluding tert-OH is 1. The van der Waals surface area contributed by atoms with Gasteiger partial charge in [-0.15, -0.1) is 0 Å². The number of aliphatic hydroxyl groups is 1. The van der Waals surface area contributed by atoms with Gasteiger partial charge < -0.3 is 24.6 Å². The molecule has 3 aromatic rings. The van der Waals surface area contributed by atoms with Crippen LogP contribution in [0.2, 0.25) is 0 Å². The molecule has 5 rings (SSSR count). The second kappa shape index (κ2) is 12.7. The van der Waals surface area contributed by atoms with Gasteiger partial charge in [-0.05, 0) is 62.7 Å². The zero-order valence-corrected chi connectivity index (χ0v) is 25.1. The first kappa shape index (κ1) is 31.1. The summed E-state index contributed by atoms with van der Waals surface area (Å²) in [6.45, 7) is 0.288. The van der Waals surface area contributed by atoms with Gasteiger partial charge in [0.2, 0.25) is 20.0 Å². The van der Waals surface area contributed by atoms with E-state index in [9.17, 15) is 26.7 Å². The number of ether oxygens (including phenoxy) is 3. The Morgan fingerprint density at radius 1 is 1.09 bits per heavy atom. The Morgan fingerprint density at radius 2 is 1.88 bits per heavy atom. The maximum atomic E-state index is 13.3. The van der Waals surface area contributed by atoms with Gasteiger partial charge in [-0.1, -0.05) is 12.1 Å². The number of hydrogen-bond donors (Lipinski definition) is 3. The number of sulfonamides is 2. The summed E-state index contributed by atoms with van der Waals surface area (Å²) in [5.74, 6) is 0.238. The summed E-state index contributed by atoms with van der Waals surface area (Å²) in [6.07, 6.45) is 1.27. The lowest BCUT2D eigenvalue weighted by Crippen LogP contribution is -2.47. The van der Waals surface area contributed by atoms with E-state index < -0.39 is 37.8 Å². The third-order valence-corrected chi connectivity index (χ3v) is 10.9. The van der Waals surface area contributed by atoms with Crippen LogP contribution < -0.4 is 14.8 Å². The minimum Gasteiger partial charge on any atom is -0.491 e. The van der Waals surface area contributed by atoms with Crippen LogP contribution in [0.25, 0.3) is 10.9 Å². The van der Waals surface area contributed by atoms with Crippen molar-refractivity contribution in [2.75, 3.05) is 40.0 Å². The molecule has 13 nitrogen and oxygen atoms in total. The number of nitrogens with zero attached hydrogens (tertiary/aromatic N) is 2. The topological polar surface area (TPSA) is 173 Å². The van der Waals surface area contributed by atoms with Gasteiger partial charge in [0.15, 0.2) is 0 Å². The highest BCUT2D eigenvalue weighted by atomic mass is 32.2. The molecule has 0 saturated carbocycles. The zero-order valence-electron chi connectivity index (χ0n) is 23.5. The Bertz CT molecular complexity index is 1680. The smallest absolute Gasteiger partial charge is 0.407 e. The summed E-state index contributed by atoms with van der Waals surface area (Å²) in [6, 6.07) is 14.0. The van der Waals surface area contributed by atoms with Crippen LogP contribution in [0.15, 0.2) is 70.6 Å². The Morgan fingerprint density at radius 3 is 2.65 bits per heavy atom. The molecule has 2 fully saturated rings. The van der Waals surface area contributed by atoms with Crippen LogP contribution in [0.4, 0.5) is 4.79 Å². The molecule has 0 radical (unpaired) electrons. The lowest BCUT2D eigenvalue weighted by atomic mass is 9.88. The molecule has 0 bridgehead atoms. The van der Waals surface area contributed by atoms with Crippen LogP contribution in [-0.2, 0) is 29.5 Å². The lowest BCUT2D eigenvalue weighted by Gasteiger charge is -2.38. The van der Waals surface area contributed by atoms with Crippen LogP contribution in [0, 0.1) is 0 Å². The molecule has 15 heteroatoms. The van der Waals surface area contributed by atoms with Crippen molar-refractivity contribution in [3.05, 3.63) is 60.8 Å². The fraction of sp³-hybridized carbons (Fsp3) is 0.429. The van der Waals surface area contributed by atoms with Gasteiger partial charge in [0.1, 0.15) is 25.1 Å². The van der Waals surface area contributed by atoms with E-state index in [4.69, 9.17) is 14.2 Å². The predicted molar refractivity (Wildman–Crippen MR) is 155 cm³/mol. The number of hydrogen-bond acceptors (Lipinski definition) is 10. The third kappa shape index (κ3) is 7.25. The van der Waals surface area contributed by atoms with Crippen molar-refractivity contribution in [3.63, 3.8) is 0 Å². The van der Waals surface area contributed by atoms with E-state index in [1.165, 1.54) is 29.6 Å². The Kier molecular flexibility index (Phi) is 9.20. The maximum Gasteiger partial charge on any atom is 0.407 e. The largest absolute Gasteiger partial charge is 0.491 e. The predicted octanol–water partition coefficient (Wildman–Crippen LogP) is 1.62. The summed E-state index contributed by atoms with van der Waals surface area (Å²) < 4.78 is 70.8. The fourth-order valence-corrected chi connectivity index (χ4v) is 7.49. The van der Waals surface area contributed by atoms with Crippen LogP contribution in [-0.4, -0.2) is 95.0 Å². The number of alkyl carbamates (subject to hydrolysis) is 1. The molecule has 3 N–H and O–H groups in total. The molecular weight excluding hydrogens is 600 g/mol. The molecule has 232 valence electrons. The van der Waals surface area contributed by atoms with E-state index in [1.807, 2.05) is 6.07 Å². The van der Waals surface area contributed by atoms with E-state index in [0.29, 0.717) is 32.4 Å². The zero-order chi connectivity index (χ0) is 30.7. The van der Waals surface area contributed by atoms with Crippen LogP contribution in [0.3, 0.4) is 0 Å². The van der Waals surface area contributed by atoms with Crippen molar-refractivity contribution in [1.82, 2.24) is 19.3 Å². The van der Waals surface area contributed by atoms with Crippen LogP contribution in [0.1, 0.15) is 19.3 Å². The number of aromatic nitrogens is 1. The Labute approximate surface area is 250 Å². The summed E-state index contributed by atoms with van der Waals surface area (Å²) in [5.41, 5.74) is 0.184. The highest BCUT2D eigenvalue weighted by Crippen LogP contribution is 2.37. The Hall–Kier alpha value is -3.34. The molecule has 2 aliphatic rings. The van der Waals surface area contributed by atoms with E-state index in [2.05, 4.69) is 15.0 Å². The second-order valence-electron chi connectivity index (χ2n) is 10.5. The molecule has 3 heterocycles. The normalized spacial score (nSPS) is 19.7. The summed E-state index contributed by atoms with van der Waals surface area (Å²) in [5, 5.41) is 13.7. The van der Waals surface area contributed by atoms with Crippen molar-refractivity contribution >= 4 is 37.0 Å². The summed E-state index contributed by atoms with van der Waals surface area (Å²) in [7, 11) is -6.03. The van der Waals surface area contributed by atoms with Crippen molar-refractivity contribution in [2.45, 2.75) is 46.8 Å². The number of pyridine rings is 1. The molecule has 0 aliphatic carbocycles. The molecular formula is C28H34N4O9S2. The number of rotatable bonds is 10. The van der Waals surface area contributed by atoms with Crippen molar-refractivity contribution in [1.29, 1.82) is 0 Å². The number of piperidine rings is 1. The van der Waals surface area contributed by atoms with Gasteiger partial charge in [0.25, 0.3) is 0 Å². The molecule has 2 aromatic carbocycles. The number of carbonyl (C=O) groups excluding carboxylic acids is 1. The van der Waals surface area contributed by atoms with Crippen LogP contribution >= 0.6 is 0 Å². The van der Waals surface area contributed by atoms with Gasteiger partial charge in [-0.2, -0.15) is 4.31 Å². The number of benzene rings is 2. The number of carbonyl (C=O) groups is 1. The maximum absolute atomic E-state index is 13.3. The number of fused-ring (bicyclic) bond motifs is 1. The molecule has 1 spiro atoms. The SMILES string of the molecule is CNS(=O)(=O)c1cccc(OCC(O)COC(=O)N[C@H]2COC3(CCN(S(=O)(=O)c4ccc5ncccc5c4)CC3)C2)c1. The van der Waals surface area contributed by atoms with E-state index >= 15 is 0 Å². The van der Waals surface area contributed by atoms with E-state index in [-0.39, 0.29) is 41.4 Å². The van der Waals surface area contributed by atoms with Gasteiger partial charge >= 0.3 is 6.09 Å². The summed E-state index contributed by atoms with van der Waals surface area (Å²) >= 11 is 0. The molecule has 43 heavy (non-hydrogen) atoms. The van der Waals surface area contributed by atoms with E-state index in [0.717, 1.165) is 10.9 Å². The molecule has 1 amide bonds. The first-order valence-electron chi connectivity index (χ1n) is 13.8. The van der Waals surface area contributed by atoms with Crippen LogP contribution in [0.5, 0.6) is 5.75 Å².